The third-order valence-electron chi connectivity index (χ3n) is 2.40. The van der Waals surface area contributed by atoms with Crippen LogP contribution in [0.4, 0.5) is 5.69 Å². The normalized spacial score (nSPS) is 9.94. The van der Waals surface area contributed by atoms with Gasteiger partial charge in [-0.25, -0.2) is 0 Å². The standard InChI is InChI=1S/C12H17IN2O/c1-3-15(4-2)12(16)9-14-11-7-5-10(13)6-8-11/h5-8,14H,3-4,9H2,1-2H3. The maximum Gasteiger partial charge on any atom is 0.241 e. The smallest absolute Gasteiger partial charge is 0.241 e. The number of likely N-dealkylation sites (N-methyl/N-ethyl adjacent to an activating group) is 1. The van der Waals surface area contributed by atoms with Crippen molar-refractivity contribution in [1.82, 2.24) is 4.90 Å². The van der Waals surface area contributed by atoms with Crippen LogP contribution in [-0.2, 0) is 4.79 Å². The molecule has 1 rings (SSSR count). The number of carbonyl (C=O) groups is 1. The molecule has 0 radical (unpaired) electrons. The average molecular weight is 332 g/mol. The molecule has 0 heterocycles. The zero-order valence-corrected chi connectivity index (χ0v) is 11.8. The van der Waals surface area contributed by atoms with Crippen molar-refractivity contribution in [2.45, 2.75) is 13.8 Å². The van der Waals surface area contributed by atoms with Crippen LogP contribution in [0.25, 0.3) is 0 Å². The summed E-state index contributed by atoms with van der Waals surface area (Å²) in [5, 5.41) is 3.13. The van der Waals surface area contributed by atoms with E-state index in [0.717, 1.165) is 18.8 Å². The molecule has 0 saturated carbocycles. The Morgan fingerprint density at radius 3 is 2.31 bits per heavy atom. The SMILES string of the molecule is CCN(CC)C(=O)CNc1ccc(I)cc1. The zero-order valence-electron chi connectivity index (χ0n) is 9.66. The van der Waals surface area contributed by atoms with Gasteiger partial charge in [0.15, 0.2) is 0 Å². The minimum atomic E-state index is 0.142. The number of halogens is 1. The molecular formula is C12H17IN2O. The van der Waals surface area contributed by atoms with Crippen molar-refractivity contribution in [3.05, 3.63) is 27.8 Å². The average Bonchev–Trinajstić information content (AvgIpc) is 2.30. The molecule has 0 bridgehead atoms. The van der Waals surface area contributed by atoms with E-state index >= 15 is 0 Å². The first-order chi connectivity index (χ1) is 7.67. The first-order valence-corrected chi connectivity index (χ1v) is 6.52. The molecule has 0 saturated heterocycles. The van der Waals surface area contributed by atoms with E-state index in [2.05, 4.69) is 27.9 Å². The Bertz CT molecular complexity index is 333. The number of rotatable bonds is 5. The molecule has 16 heavy (non-hydrogen) atoms. The second-order valence-corrected chi connectivity index (χ2v) is 4.67. The molecule has 0 fully saturated rings. The summed E-state index contributed by atoms with van der Waals surface area (Å²) in [7, 11) is 0. The highest BCUT2D eigenvalue weighted by Gasteiger charge is 2.08. The highest BCUT2D eigenvalue weighted by molar-refractivity contribution is 14.1. The fourth-order valence-electron chi connectivity index (χ4n) is 1.43. The molecule has 0 unspecified atom stereocenters. The highest BCUT2D eigenvalue weighted by Crippen LogP contribution is 2.10. The summed E-state index contributed by atoms with van der Waals surface area (Å²) >= 11 is 2.26. The van der Waals surface area contributed by atoms with Gasteiger partial charge < -0.3 is 10.2 Å². The monoisotopic (exact) mass is 332 g/mol. The molecule has 0 aliphatic heterocycles. The van der Waals surface area contributed by atoms with Crippen molar-refractivity contribution < 1.29 is 4.79 Å². The van der Waals surface area contributed by atoms with Crippen LogP contribution in [0.2, 0.25) is 0 Å². The van der Waals surface area contributed by atoms with Gasteiger partial charge in [-0.3, -0.25) is 4.79 Å². The lowest BCUT2D eigenvalue weighted by atomic mass is 10.3. The highest BCUT2D eigenvalue weighted by atomic mass is 127. The fraction of sp³-hybridized carbons (Fsp3) is 0.417. The van der Waals surface area contributed by atoms with E-state index in [1.165, 1.54) is 3.57 Å². The molecule has 1 aromatic carbocycles. The first kappa shape index (κ1) is 13.3. The van der Waals surface area contributed by atoms with Crippen molar-refractivity contribution >= 4 is 34.2 Å². The van der Waals surface area contributed by atoms with Gasteiger partial charge in [0.1, 0.15) is 0 Å². The van der Waals surface area contributed by atoms with E-state index in [9.17, 15) is 4.79 Å². The number of nitrogens with one attached hydrogen (secondary N) is 1. The van der Waals surface area contributed by atoms with E-state index in [4.69, 9.17) is 0 Å². The molecule has 1 amide bonds. The van der Waals surface area contributed by atoms with Crippen molar-refractivity contribution in [2.75, 3.05) is 25.0 Å². The van der Waals surface area contributed by atoms with Crippen LogP contribution in [0, 0.1) is 3.57 Å². The maximum atomic E-state index is 11.7. The summed E-state index contributed by atoms with van der Waals surface area (Å²) in [6.45, 7) is 5.88. The zero-order chi connectivity index (χ0) is 12.0. The number of nitrogens with zero attached hydrogens (tertiary/aromatic N) is 1. The molecule has 0 atom stereocenters. The van der Waals surface area contributed by atoms with E-state index in [0.29, 0.717) is 6.54 Å². The third-order valence-corrected chi connectivity index (χ3v) is 3.12. The molecule has 4 heteroatoms. The number of amides is 1. The van der Waals surface area contributed by atoms with Gasteiger partial charge in [0.05, 0.1) is 6.54 Å². The molecule has 0 aromatic heterocycles. The Labute approximate surface area is 110 Å². The molecule has 0 spiro atoms. The van der Waals surface area contributed by atoms with Gasteiger partial charge in [0.25, 0.3) is 0 Å². The van der Waals surface area contributed by atoms with Crippen LogP contribution in [0.15, 0.2) is 24.3 Å². The van der Waals surface area contributed by atoms with Crippen LogP contribution >= 0.6 is 22.6 Å². The Hall–Kier alpha value is -0.780. The number of carbonyl (C=O) groups excluding carboxylic acids is 1. The largest absolute Gasteiger partial charge is 0.376 e. The Morgan fingerprint density at radius 2 is 1.81 bits per heavy atom. The number of anilines is 1. The summed E-state index contributed by atoms with van der Waals surface area (Å²) in [5.74, 6) is 0.142. The summed E-state index contributed by atoms with van der Waals surface area (Å²) in [6.07, 6.45) is 0. The molecule has 0 aliphatic carbocycles. The fourth-order valence-corrected chi connectivity index (χ4v) is 1.79. The topological polar surface area (TPSA) is 32.3 Å². The van der Waals surface area contributed by atoms with E-state index < -0.39 is 0 Å². The second kappa shape index (κ2) is 6.73. The number of benzene rings is 1. The summed E-state index contributed by atoms with van der Waals surface area (Å²) in [5.41, 5.74) is 0.987. The Kier molecular flexibility index (Phi) is 5.59. The van der Waals surface area contributed by atoms with E-state index in [1.807, 2.05) is 43.0 Å². The molecule has 3 nitrogen and oxygen atoms in total. The van der Waals surface area contributed by atoms with Crippen LogP contribution in [0.3, 0.4) is 0 Å². The van der Waals surface area contributed by atoms with Crippen molar-refractivity contribution in [2.24, 2.45) is 0 Å². The minimum Gasteiger partial charge on any atom is -0.376 e. The van der Waals surface area contributed by atoms with Crippen molar-refractivity contribution in [3.63, 3.8) is 0 Å². The predicted octanol–water partition coefficient (Wildman–Crippen LogP) is 2.57. The first-order valence-electron chi connectivity index (χ1n) is 5.44. The van der Waals surface area contributed by atoms with E-state index in [-0.39, 0.29) is 5.91 Å². The quantitative estimate of drug-likeness (QED) is 0.841. The Balaban J connectivity index is 2.45. The van der Waals surface area contributed by atoms with Gasteiger partial charge in [-0.2, -0.15) is 0 Å². The number of hydrogen-bond acceptors (Lipinski definition) is 2. The maximum absolute atomic E-state index is 11.7. The third kappa shape index (κ3) is 4.00. The Morgan fingerprint density at radius 1 is 1.25 bits per heavy atom. The minimum absolute atomic E-state index is 0.142. The lowest BCUT2D eigenvalue weighted by Crippen LogP contribution is -2.35. The van der Waals surface area contributed by atoms with Gasteiger partial charge in [-0.05, 0) is 60.7 Å². The second-order valence-electron chi connectivity index (χ2n) is 3.43. The van der Waals surface area contributed by atoms with Crippen LogP contribution in [0.1, 0.15) is 13.8 Å². The van der Waals surface area contributed by atoms with Gasteiger partial charge in [0, 0.05) is 22.3 Å². The molecule has 1 aromatic rings. The van der Waals surface area contributed by atoms with Crippen LogP contribution < -0.4 is 5.32 Å². The van der Waals surface area contributed by atoms with Crippen LogP contribution in [-0.4, -0.2) is 30.4 Å². The lowest BCUT2D eigenvalue weighted by molar-refractivity contribution is -0.128. The molecular weight excluding hydrogens is 315 g/mol. The summed E-state index contributed by atoms with van der Waals surface area (Å²) in [6, 6.07) is 8.00. The van der Waals surface area contributed by atoms with Crippen LogP contribution in [0.5, 0.6) is 0 Å². The summed E-state index contributed by atoms with van der Waals surface area (Å²) < 4.78 is 1.19. The van der Waals surface area contributed by atoms with Crippen molar-refractivity contribution in [1.29, 1.82) is 0 Å². The molecule has 88 valence electrons. The molecule has 1 N–H and O–H groups in total. The predicted molar refractivity (Wildman–Crippen MR) is 75.6 cm³/mol. The number of hydrogen-bond donors (Lipinski definition) is 1. The van der Waals surface area contributed by atoms with Crippen molar-refractivity contribution in [3.8, 4) is 0 Å². The van der Waals surface area contributed by atoms with Gasteiger partial charge in [0.2, 0.25) is 5.91 Å². The van der Waals surface area contributed by atoms with E-state index in [1.54, 1.807) is 0 Å². The lowest BCUT2D eigenvalue weighted by Gasteiger charge is -2.19. The van der Waals surface area contributed by atoms with Gasteiger partial charge in [-0.15, -0.1) is 0 Å². The molecule has 0 aliphatic rings. The van der Waals surface area contributed by atoms with Gasteiger partial charge >= 0.3 is 0 Å². The van der Waals surface area contributed by atoms with Gasteiger partial charge in [-0.1, -0.05) is 0 Å². The summed E-state index contributed by atoms with van der Waals surface area (Å²) in [4.78, 5) is 13.5.